The highest BCUT2D eigenvalue weighted by molar-refractivity contribution is 5.68. The van der Waals surface area contributed by atoms with Crippen LogP contribution in [0.5, 0.6) is 0 Å². The monoisotopic (exact) mass is 382 g/mol. The number of hydrogen-bond donors (Lipinski definition) is 0. The lowest BCUT2D eigenvalue weighted by molar-refractivity contribution is 0.402. The van der Waals surface area contributed by atoms with Gasteiger partial charge in [-0.2, -0.15) is 5.26 Å². The number of rotatable bonds is 6. The van der Waals surface area contributed by atoms with E-state index in [4.69, 9.17) is 4.42 Å². The van der Waals surface area contributed by atoms with Crippen LogP contribution in [-0.2, 0) is 13.1 Å². The van der Waals surface area contributed by atoms with Crippen LogP contribution in [-0.4, -0.2) is 28.5 Å². The normalized spacial score (nSPS) is 11.0. The number of furan rings is 1. The summed E-state index contributed by atoms with van der Waals surface area (Å²) in [4.78, 5) is 6.66. The summed E-state index contributed by atoms with van der Waals surface area (Å²) < 4.78 is 8.15. The van der Waals surface area contributed by atoms with E-state index >= 15 is 0 Å². The zero-order valence-electron chi connectivity index (χ0n) is 16.5. The maximum atomic E-state index is 9.34. The van der Waals surface area contributed by atoms with Gasteiger partial charge < -0.3 is 13.9 Å². The zero-order valence-corrected chi connectivity index (χ0v) is 16.5. The fraction of sp³-hybridized carbons (Fsp3) is 0.167. The smallest absolute Gasteiger partial charge is 0.176 e. The first-order valence-corrected chi connectivity index (χ1v) is 9.47. The Morgan fingerprint density at radius 1 is 1.00 bits per heavy atom. The molecule has 0 aliphatic heterocycles. The Kier molecular flexibility index (Phi) is 5.28. The van der Waals surface area contributed by atoms with Gasteiger partial charge in [-0.3, -0.25) is 0 Å². The molecular formula is C24H22N4O. The largest absolute Gasteiger partial charge is 0.453 e. The van der Waals surface area contributed by atoms with Gasteiger partial charge in [-0.25, -0.2) is 4.98 Å². The van der Waals surface area contributed by atoms with Crippen LogP contribution in [0.1, 0.15) is 16.7 Å². The van der Waals surface area contributed by atoms with Crippen molar-refractivity contribution in [2.45, 2.75) is 13.1 Å². The molecule has 144 valence electrons. The third kappa shape index (κ3) is 4.13. The molecule has 5 heteroatoms. The molecule has 5 nitrogen and oxygen atoms in total. The molecular weight excluding hydrogens is 360 g/mol. The number of nitrogens with zero attached hydrogens (tertiary/aromatic N) is 4. The molecule has 0 bridgehead atoms. The SMILES string of the molecule is CN(C)Cc1cccc(Cn2ccnc2-c2ccc(-c3ccccc3C#N)o2)c1. The van der Waals surface area contributed by atoms with Gasteiger partial charge in [-0.15, -0.1) is 0 Å². The number of imidazole rings is 1. The van der Waals surface area contributed by atoms with Crippen LogP contribution in [0.25, 0.3) is 22.9 Å². The molecule has 0 N–H and O–H groups in total. The van der Waals surface area contributed by atoms with E-state index in [0.29, 0.717) is 23.6 Å². The van der Waals surface area contributed by atoms with E-state index in [2.05, 4.69) is 58.9 Å². The van der Waals surface area contributed by atoms with E-state index in [1.165, 1.54) is 11.1 Å². The van der Waals surface area contributed by atoms with Crippen LogP contribution in [0.3, 0.4) is 0 Å². The van der Waals surface area contributed by atoms with Crippen molar-refractivity contribution in [3.05, 3.63) is 89.7 Å². The number of aromatic nitrogens is 2. The van der Waals surface area contributed by atoms with Gasteiger partial charge in [0, 0.05) is 31.0 Å². The van der Waals surface area contributed by atoms with E-state index in [-0.39, 0.29) is 0 Å². The standard InChI is InChI=1S/C24H22N4O/c1-27(2)16-18-6-5-7-19(14-18)17-28-13-12-26-24(28)23-11-10-22(29-23)21-9-4-3-8-20(21)15-25/h3-14H,16-17H2,1-2H3. The molecule has 29 heavy (non-hydrogen) atoms. The van der Waals surface area contributed by atoms with Crippen molar-refractivity contribution in [1.82, 2.24) is 14.5 Å². The summed E-state index contributed by atoms with van der Waals surface area (Å²) >= 11 is 0. The van der Waals surface area contributed by atoms with Crippen molar-refractivity contribution in [2.24, 2.45) is 0 Å². The Morgan fingerprint density at radius 2 is 1.79 bits per heavy atom. The summed E-state index contributed by atoms with van der Waals surface area (Å²) in [6.45, 7) is 1.62. The van der Waals surface area contributed by atoms with E-state index in [0.717, 1.165) is 17.9 Å². The molecule has 0 atom stereocenters. The first-order valence-electron chi connectivity index (χ1n) is 9.47. The van der Waals surface area contributed by atoms with Crippen molar-refractivity contribution >= 4 is 0 Å². The molecule has 0 unspecified atom stereocenters. The number of hydrogen-bond acceptors (Lipinski definition) is 4. The molecule has 0 amide bonds. The van der Waals surface area contributed by atoms with Crippen LogP contribution >= 0.6 is 0 Å². The molecule has 0 spiro atoms. The highest BCUT2D eigenvalue weighted by Crippen LogP contribution is 2.30. The van der Waals surface area contributed by atoms with Crippen molar-refractivity contribution in [2.75, 3.05) is 14.1 Å². The molecule has 2 aromatic heterocycles. The Balaban J connectivity index is 1.61. The molecule has 2 aromatic carbocycles. The zero-order chi connectivity index (χ0) is 20.2. The van der Waals surface area contributed by atoms with Crippen molar-refractivity contribution in [1.29, 1.82) is 5.26 Å². The summed E-state index contributed by atoms with van der Waals surface area (Å²) in [5.74, 6) is 2.12. The van der Waals surface area contributed by atoms with E-state index in [9.17, 15) is 5.26 Å². The summed E-state index contributed by atoms with van der Waals surface area (Å²) in [6.07, 6.45) is 3.74. The van der Waals surface area contributed by atoms with Crippen LogP contribution < -0.4 is 0 Å². The lowest BCUT2D eigenvalue weighted by atomic mass is 10.1. The van der Waals surface area contributed by atoms with Gasteiger partial charge in [-0.1, -0.05) is 36.4 Å². The molecule has 4 aromatic rings. The predicted octanol–water partition coefficient (Wildman–Crippen LogP) is 4.79. The average molecular weight is 382 g/mol. The third-order valence-corrected chi connectivity index (χ3v) is 4.70. The van der Waals surface area contributed by atoms with E-state index in [1.54, 1.807) is 12.3 Å². The van der Waals surface area contributed by atoms with Crippen molar-refractivity contribution < 1.29 is 4.42 Å². The molecule has 4 rings (SSSR count). The maximum Gasteiger partial charge on any atom is 0.176 e. The molecule has 0 radical (unpaired) electrons. The molecule has 0 aliphatic carbocycles. The first-order chi connectivity index (χ1) is 14.1. The number of nitriles is 1. The summed E-state index contributed by atoms with van der Waals surface area (Å²) in [6, 6.07) is 22.0. The Morgan fingerprint density at radius 3 is 2.62 bits per heavy atom. The van der Waals surface area contributed by atoms with Crippen LogP contribution in [0.2, 0.25) is 0 Å². The number of benzene rings is 2. The Bertz CT molecular complexity index is 1160. The Hall–Kier alpha value is -3.62. The van der Waals surface area contributed by atoms with Crippen LogP contribution in [0, 0.1) is 11.3 Å². The molecule has 2 heterocycles. The highest BCUT2D eigenvalue weighted by atomic mass is 16.3. The quantitative estimate of drug-likeness (QED) is 0.481. The second kappa shape index (κ2) is 8.17. The summed E-state index contributed by atoms with van der Waals surface area (Å²) in [5.41, 5.74) is 3.87. The van der Waals surface area contributed by atoms with Crippen LogP contribution in [0.4, 0.5) is 0 Å². The fourth-order valence-corrected chi connectivity index (χ4v) is 3.45. The lowest BCUT2D eigenvalue weighted by Crippen LogP contribution is -2.11. The minimum Gasteiger partial charge on any atom is -0.453 e. The average Bonchev–Trinajstić information content (AvgIpc) is 3.37. The Labute approximate surface area is 170 Å². The molecule has 0 fully saturated rings. The molecule has 0 saturated carbocycles. The van der Waals surface area contributed by atoms with Gasteiger partial charge >= 0.3 is 0 Å². The van der Waals surface area contributed by atoms with Crippen molar-refractivity contribution in [3.63, 3.8) is 0 Å². The topological polar surface area (TPSA) is 58.0 Å². The van der Waals surface area contributed by atoms with E-state index < -0.39 is 0 Å². The minimum absolute atomic E-state index is 0.592. The van der Waals surface area contributed by atoms with Gasteiger partial charge in [-0.05, 0) is 49.5 Å². The summed E-state index contributed by atoms with van der Waals surface area (Å²) in [7, 11) is 4.14. The van der Waals surface area contributed by atoms with Gasteiger partial charge in [0.15, 0.2) is 11.6 Å². The molecule has 0 saturated heterocycles. The van der Waals surface area contributed by atoms with Gasteiger partial charge in [0.05, 0.1) is 11.6 Å². The first kappa shape index (κ1) is 18.7. The minimum atomic E-state index is 0.592. The maximum absolute atomic E-state index is 9.34. The van der Waals surface area contributed by atoms with Gasteiger partial charge in [0.25, 0.3) is 0 Å². The van der Waals surface area contributed by atoms with Crippen molar-refractivity contribution in [3.8, 4) is 29.0 Å². The molecule has 0 aliphatic rings. The van der Waals surface area contributed by atoms with Gasteiger partial charge in [0.1, 0.15) is 5.76 Å². The van der Waals surface area contributed by atoms with Gasteiger partial charge in [0.2, 0.25) is 0 Å². The highest BCUT2D eigenvalue weighted by Gasteiger charge is 2.14. The summed E-state index contributed by atoms with van der Waals surface area (Å²) in [5, 5.41) is 9.34. The fourth-order valence-electron chi connectivity index (χ4n) is 3.45. The third-order valence-electron chi connectivity index (χ3n) is 4.70. The van der Waals surface area contributed by atoms with E-state index in [1.807, 2.05) is 36.5 Å². The lowest BCUT2D eigenvalue weighted by Gasteiger charge is -2.12. The predicted molar refractivity (Wildman–Crippen MR) is 113 cm³/mol. The second-order valence-electron chi connectivity index (χ2n) is 7.26. The second-order valence-corrected chi connectivity index (χ2v) is 7.26. The van der Waals surface area contributed by atoms with Crippen LogP contribution in [0.15, 0.2) is 77.5 Å².